The van der Waals surface area contributed by atoms with Crippen LogP contribution < -0.4 is 4.90 Å². The Morgan fingerprint density at radius 2 is 2.07 bits per heavy atom. The van der Waals surface area contributed by atoms with Gasteiger partial charge in [0.1, 0.15) is 6.04 Å². The SMILES string of the molecule is N#CC1CCCN1c1ccc(Cl)cc1. The summed E-state index contributed by atoms with van der Waals surface area (Å²) in [6, 6.07) is 10.0. The number of nitrogens with zero attached hydrogens (tertiary/aromatic N) is 2. The van der Waals surface area contributed by atoms with E-state index < -0.39 is 0 Å². The summed E-state index contributed by atoms with van der Waals surface area (Å²) in [5.74, 6) is 0. The molecule has 2 nitrogen and oxygen atoms in total. The second-order valence-corrected chi connectivity index (χ2v) is 3.89. The molecule has 1 aliphatic rings. The third-order valence-electron chi connectivity index (χ3n) is 2.56. The van der Waals surface area contributed by atoms with Crippen LogP contribution in [0, 0.1) is 11.3 Å². The van der Waals surface area contributed by atoms with Gasteiger partial charge in [0.15, 0.2) is 0 Å². The molecule has 1 aliphatic heterocycles. The lowest BCUT2D eigenvalue weighted by Crippen LogP contribution is -2.27. The number of rotatable bonds is 1. The average Bonchev–Trinajstić information content (AvgIpc) is 2.67. The van der Waals surface area contributed by atoms with Gasteiger partial charge in [0.25, 0.3) is 0 Å². The van der Waals surface area contributed by atoms with Crippen LogP contribution in [0.15, 0.2) is 24.3 Å². The highest BCUT2D eigenvalue weighted by Crippen LogP contribution is 2.26. The predicted octanol–water partition coefficient (Wildman–Crippen LogP) is 2.83. The van der Waals surface area contributed by atoms with Crippen LogP contribution in [0.2, 0.25) is 5.02 Å². The van der Waals surface area contributed by atoms with Crippen LogP contribution in [0.25, 0.3) is 0 Å². The van der Waals surface area contributed by atoms with Crippen LogP contribution in [-0.4, -0.2) is 12.6 Å². The van der Waals surface area contributed by atoms with Gasteiger partial charge in [0.05, 0.1) is 6.07 Å². The number of benzene rings is 1. The van der Waals surface area contributed by atoms with Crippen LogP contribution in [0.4, 0.5) is 5.69 Å². The van der Waals surface area contributed by atoms with Crippen molar-refractivity contribution >= 4 is 17.3 Å². The summed E-state index contributed by atoms with van der Waals surface area (Å²) in [7, 11) is 0. The molecular weight excluding hydrogens is 196 g/mol. The van der Waals surface area contributed by atoms with Gasteiger partial charge in [0.2, 0.25) is 0 Å². The monoisotopic (exact) mass is 206 g/mol. The van der Waals surface area contributed by atoms with E-state index >= 15 is 0 Å². The molecule has 1 unspecified atom stereocenters. The van der Waals surface area contributed by atoms with E-state index in [9.17, 15) is 0 Å². The highest BCUT2D eigenvalue weighted by atomic mass is 35.5. The predicted molar refractivity (Wildman–Crippen MR) is 57.4 cm³/mol. The molecule has 1 atom stereocenters. The fourth-order valence-electron chi connectivity index (χ4n) is 1.84. The Hall–Kier alpha value is -1.20. The lowest BCUT2D eigenvalue weighted by Gasteiger charge is -2.21. The zero-order chi connectivity index (χ0) is 9.97. The maximum absolute atomic E-state index is 8.93. The Balaban J connectivity index is 2.23. The summed E-state index contributed by atoms with van der Waals surface area (Å²) in [5, 5.41) is 9.67. The molecule has 1 fully saturated rings. The fourth-order valence-corrected chi connectivity index (χ4v) is 1.97. The molecule has 3 heteroatoms. The van der Waals surface area contributed by atoms with Crippen LogP contribution in [0.5, 0.6) is 0 Å². The largest absolute Gasteiger partial charge is 0.356 e. The van der Waals surface area contributed by atoms with Crippen molar-refractivity contribution in [2.45, 2.75) is 18.9 Å². The maximum Gasteiger partial charge on any atom is 0.116 e. The van der Waals surface area contributed by atoms with Gasteiger partial charge in [-0.15, -0.1) is 0 Å². The molecule has 0 aliphatic carbocycles. The molecular formula is C11H11ClN2. The Kier molecular flexibility index (Phi) is 2.60. The second kappa shape index (κ2) is 3.89. The number of hydrogen-bond acceptors (Lipinski definition) is 2. The van der Waals surface area contributed by atoms with Gasteiger partial charge in [-0.25, -0.2) is 0 Å². The molecule has 14 heavy (non-hydrogen) atoms. The Morgan fingerprint density at radius 1 is 1.36 bits per heavy atom. The smallest absolute Gasteiger partial charge is 0.116 e. The topological polar surface area (TPSA) is 27.0 Å². The molecule has 0 radical (unpaired) electrons. The first kappa shape index (κ1) is 9.36. The van der Waals surface area contributed by atoms with Gasteiger partial charge >= 0.3 is 0 Å². The molecule has 0 N–H and O–H groups in total. The first-order valence-electron chi connectivity index (χ1n) is 4.73. The summed E-state index contributed by atoms with van der Waals surface area (Å²) in [4.78, 5) is 2.14. The van der Waals surface area contributed by atoms with Gasteiger partial charge in [-0.2, -0.15) is 5.26 Å². The zero-order valence-electron chi connectivity index (χ0n) is 7.78. The van der Waals surface area contributed by atoms with Gasteiger partial charge in [0, 0.05) is 17.3 Å². The van der Waals surface area contributed by atoms with E-state index in [-0.39, 0.29) is 6.04 Å². The Labute approximate surface area is 88.7 Å². The van der Waals surface area contributed by atoms with Gasteiger partial charge in [-0.05, 0) is 37.1 Å². The first-order valence-corrected chi connectivity index (χ1v) is 5.11. The quantitative estimate of drug-likeness (QED) is 0.707. The summed E-state index contributed by atoms with van der Waals surface area (Å²) in [6.07, 6.45) is 2.07. The van der Waals surface area contributed by atoms with Gasteiger partial charge in [-0.1, -0.05) is 11.6 Å². The molecule has 2 rings (SSSR count). The lowest BCUT2D eigenvalue weighted by atomic mass is 10.2. The van der Waals surface area contributed by atoms with E-state index in [2.05, 4.69) is 11.0 Å². The van der Waals surface area contributed by atoms with E-state index in [0.29, 0.717) is 0 Å². The molecule has 1 aromatic rings. The van der Waals surface area contributed by atoms with E-state index in [1.165, 1.54) is 0 Å². The van der Waals surface area contributed by atoms with Gasteiger partial charge in [-0.3, -0.25) is 0 Å². The summed E-state index contributed by atoms with van der Waals surface area (Å²) in [6.45, 7) is 0.972. The number of nitriles is 1. The highest BCUT2D eigenvalue weighted by molar-refractivity contribution is 6.30. The van der Waals surface area contributed by atoms with E-state index in [0.717, 1.165) is 30.1 Å². The average molecular weight is 207 g/mol. The fraction of sp³-hybridized carbons (Fsp3) is 0.364. The number of anilines is 1. The van der Waals surface area contributed by atoms with Crippen molar-refractivity contribution in [1.29, 1.82) is 5.26 Å². The third-order valence-corrected chi connectivity index (χ3v) is 2.81. The molecule has 0 saturated carbocycles. The van der Waals surface area contributed by atoms with Crippen molar-refractivity contribution < 1.29 is 0 Å². The van der Waals surface area contributed by atoms with Crippen LogP contribution >= 0.6 is 11.6 Å². The van der Waals surface area contributed by atoms with Crippen molar-refractivity contribution in [3.8, 4) is 6.07 Å². The zero-order valence-corrected chi connectivity index (χ0v) is 8.54. The van der Waals surface area contributed by atoms with E-state index in [1.807, 2.05) is 24.3 Å². The molecule has 1 aromatic carbocycles. The second-order valence-electron chi connectivity index (χ2n) is 3.46. The van der Waals surface area contributed by atoms with Crippen LogP contribution in [-0.2, 0) is 0 Å². The molecule has 0 bridgehead atoms. The number of hydrogen-bond donors (Lipinski definition) is 0. The number of halogens is 1. The van der Waals surface area contributed by atoms with Crippen molar-refractivity contribution in [2.75, 3.05) is 11.4 Å². The Bertz CT molecular complexity index is 353. The highest BCUT2D eigenvalue weighted by Gasteiger charge is 2.23. The molecule has 1 heterocycles. The lowest BCUT2D eigenvalue weighted by molar-refractivity contribution is 0.818. The van der Waals surface area contributed by atoms with Crippen LogP contribution in [0.1, 0.15) is 12.8 Å². The minimum Gasteiger partial charge on any atom is -0.356 e. The van der Waals surface area contributed by atoms with Crippen molar-refractivity contribution in [2.24, 2.45) is 0 Å². The van der Waals surface area contributed by atoms with E-state index in [1.54, 1.807) is 0 Å². The van der Waals surface area contributed by atoms with Crippen molar-refractivity contribution in [3.05, 3.63) is 29.3 Å². The minimum absolute atomic E-state index is 0.0381. The van der Waals surface area contributed by atoms with Crippen molar-refractivity contribution in [1.82, 2.24) is 0 Å². The maximum atomic E-state index is 8.93. The third kappa shape index (κ3) is 1.69. The molecule has 0 spiro atoms. The van der Waals surface area contributed by atoms with E-state index in [4.69, 9.17) is 16.9 Å². The molecule has 72 valence electrons. The van der Waals surface area contributed by atoms with Crippen molar-refractivity contribution in [3.63, 3.8) is 0 Å². The molecule has 0 amide bonds. The summed E-state index contributed by atoms with van der Waals surface area (Å²) in [5.41, 5.74) is 1.10. The summed E-state index contributed by atoms with van der Waals surface area (Å²) < 4.78 is 0. The Morgan fingerprint density at radius 3 is 2.71 bits per heavy atom. The molecule has 0 aromatic heterocycles. The van der Waals surface area contributed by atoms with Gasteiger partial charge < -0.3 is 4.90 Å². The standard InChI is InChI=1S/C11H11ClN2/c12-9-3-5-10(6-4-9)14-7-1-2-11(14)8-13/h3-6,11H,1-2,7H2. The molecule has 1 saturated heterocycles. The van der Waals surface area contributed by atoms with Crippen LogP contribution in [0.3, 0.4) is 0 Å². The summed E-state index contributed by atoms with van der Waals surface area (Å²) >= 11 is 5.81. The minimum atomic E-state index is 0.0381. The first-order chi connectivity index (χ1) is 6.81. The normalized spacial score (nSPS) is 20.9.